The summed E-state index contributed by atoms with van der Waals surface area (Å²) in [4.78, 5) is 0. The van der Waals surface area contributed by atoms with Gasteiger partial charge in [-0.15, -0.1) is 0 Å². The van der Waals surface area contributed by atoms with Crippen LogP contribution in [0.5, 0.6) is 0 Å². The molecule has 5 fully saturated rings. The molecule has 156 valence electrons. The van der Waals surface area contributed by atoms with Crippen LogP contribution >= 0.6 is 0 Å². The highest BCUT2D eigenvalue weighted by atomic mass is 19.1. The predicted octanol–water partition coefficient (Wildman–Crippen LogP) is 5.11. The van der Waals surface area contributed by atoms with Gasteiger partial charge < -0.3 is 14.6 Å². The van der Waals surface area contributed by atoms with Gasteiger partial charge in [-0.05, 0) is 68.1 Å². The fourth-order valence-electron chi connectivity index (χ4n) is 8.12. The Balaban J connectivity index is 0.000000872. The van der Waals surface area contributed by atoms with Crippen molar-refractivity contribution in [3.8, 4) is 0 Å². The molecule has 1 aliphatic heterocycles. The fourth-order valence-corrected chi connectivity index (χ4v) is 8.12. The van der Waals surface area contributed by atoms with Crippen molar-refractivity contribution < 1.29 is 19.0 Å². The largest absolute Gasteiger partial charge is 0.393 e. The minimum Gasteiger partial charge on any atom is -0.393 e. The van der Waals surface area contributed by atoms with Gasteiger partial charge in [-0.1, -0.05) is 27.7 Å². The van der Waals surface area contributed by atoms with E-state index in [1.54, 1.807) is 0 Å². The van der Waals surface area contributed by atoms with E-state index in [4.69, 9.17) is 9.47 Å². The summed E-state index contributed by atoms with van der Waals surface area (Å²) >= 11 is 0. The lowest BCUT2D eigenvalue weighted by atomic mass is 9.45. The van der Waals surface area contributed by atoms with Crippen molar-refractivity contribution in [2.45, 2.75) is 97.1 Å². The topological polar surface area (TPSA) is 38.7 Å². The number of rotatable bonds is 0. The van der Waals surface area contributed by atoms with Crippen molar-refractivity contribution >= 4 is 0 Å². The third-order valence-corrected chi connectivity index (χ3v) is 9.37. The normalized spacial score (nSPS) is 53.1. The SMILES string of the molecule is CC.CC12CCC(O)CC1CCC1C2CCC2(C)C1C(F)CC21OCCO1. The van der Waals surface area contributed by atoms with Gasteiger partial charge in [0.05, 0.1) is 19.3 Å². The summed E-state index contributed by atoms with van der Waals surface area (Å²) in [6.07, 6.45) is 6.96. The molecule has 1 heterocycles. The summed E-state index contributed by atoms with van der Waals surface area (Å²) in [6, 6.07) is 0. The number of fused-ring (bicyclic) bond motifs is 6. The smallest absolute Gasteiger partial charge is 0.176 e. The van der Waals surface area contributed by atoms with Crippen LogP contribution in [-0.4, -0.2) is 36.4 Å². The Morgan fingerprint density at radius 3 is 2.37 bits per heavy atom. The van der Waals surface area contributed by atoms with Crippen molar-refractivity contribution in [1.29, 1.82) is 0 Å². The van der Waals surface area contributed by atoms with Crippen LogP contribution < -0.4 is 0 Å². The molecule has 1 saturated heterocycles. The van der Waals surface area contributed by atoms with Gasteiger partial charge in [-0.3, -0.25) is 0 Å². The van der Waals surface area contributed by atoms with Crippen LogP contribution in [-0.2, 0) is 9.47 Å². The number of halogens is 1. The van der Waals surface area contributed by atoms with Crippen molar-refractivity contribution in [3.05, 3.63) is 0 Å². The Kier molecular flexibility index (Phi) is 5.17. The first-order chi connectivity index (χ1) is 12.9. The highest BCUT2D eigenvalue weighted by molar-refractivity contribution is 5.15. The van der Waals surface area contributed by atoms with E-state index in [1.807, 2.05) is 13.8 Å². The fraction of sp³-hybridized carbons (Fsp3) is 1.00. The zero-order valence-electron chi connectivity index (χ0n) is 17.7. The number of aliphatic hydroxyl groups excluding tert-OH is 1. The van der Waals surface area contributed by atoms with Crippen molar-refractivity contribution in [2.75, 3.05) is 13.2 Å². The Bertz CT molecular complexity index is 548. The van der Waals surface area contributed by atoms with Gasteiger partial charge >= 0.3 is 0 Å². The third-order valence-electron chi connectivity index (χ3n) is 9.37. The molecular weight excluding hydrogens is 343 g/mol. The molecular formula is C23H39FO3. The molecule has 1 N–H and O–H groups in total. The van der Waals surface area contributed by atoms with E-state index in [0.29, 0.717) is 37.4 Å². The average Bonchev–Trinajstić information content (AvgIpc) is 3.21. The molecule has 5 rings (SSSR count). The maximum absolute atomic E-state index is 15.4. The number of hydrogen-bond acceptors (Lipinski definition) is 3. The van der Waals surface area contributed by atoms with Gasteiger partial charge in [0.2, 0.25) is 0 Å². The predicted molar refractivity (Wildman–Crippen MR) is 104 cm³/mol. The zero-order chi connectivity index (χ0) is 19.4. The molecule has 0 radical (unpaired) electrons. The Hall–Kier alpha value is -0.190. The molecule has 4 aliphatic carbocycles. The van der Waals surface area contributed by atoms with Crippen LogP contribution in [0, 0.1) is 34.5 Å². The molecule has 0 bridgehead atoms. The lowest BCUT2D eigenvalue weighted by molar-refractivity contribution is -0.248. The summed E-state index contributed by atoms with van der Waals surface area (Å²) in [7, 11) is 0. The van der Waals surface area contributed by atoms with Crippen molar-refractivity contribution in [1.82, 2.24) is 0 Å². The van der Waals surface area contributed by atoms with Gasteiger partial charge in [0.15, 0.2) is 5.79 Å². The lowest BCUT2D eigenvalue weighted by Gasteiger charge is -2.61. The van der Waals surface area contributed by atoms with Crippen LogP contribution in [0.15, 0.2) is 0 Å². The second-order valence-electron chi connectivity index (χ2n) is 10.1. The maximum Gasteiger partial charge on any atom is 0.176 e. The number of hydrogen-bond donors (Lipinski definition) is 1. The first kappa shape index (κ1) is 20.1. The van der Waals surface area contributed by atoms with Crippen LogP contribution in [0.2, 0.25) is 0 Å². The molecule has 4 heteroatoms. The first-order valence-corrected chi connectivity index (χ1v) is 11.5. The van der Waals surface area contributed by atoms with Gasteiger partial charge in [0.25, 0.3) is 0 Å². The standard InChI is InChI=1S/C21H33FO3.C2H6/c1-19-7-5-14(23)11-13(19)3-4-15-16(19)6-8-20(2)18(15)17(22)12-21(20)24-9-10-25-21;1-2/h13-18,23H,3-12H2,1-2H3;1-2H3. The highest BCUT2D eigenvalue weighted by Gasteiger charge is 2.70. The van der Waals surface area contributed by atoms with E-state index in [1.165, 1.54) is 6.42 Å². The van der Waals surface area contributed by atoms with Crippen LogP contribution in [0.25, 0.3) is 0 Å². The van der Waals surface area contributed by atoms with Crippen LogP contribution in [0.1, 0.15) is 79.1 Å². The molecule has 8 unspecified atom stereocenters. The van der Waals surface area contributed by atoms with Crippen molar-refractivity contribution in [3.63, 3.8) is 0 Å². The lowest BCUT2D eigenvalue weighted by Crippen LogP contribution is -2.57. The Labute approximate surface area is 164 Å². The van der Waals surface area contributed by atoms with E-state index < -0.39 is 12.0 Å². The van der Waals surface area contributed by atoms with Gasteiger partial charge in [-0.25, -0.2) is 4.39 Å². The number of aliphatic hydroxyl groups is 1. The van der Waals surface area contributed by atoms with Gasteiger partial charge in [0, 0.05) is 17.8 Å². The van der Waals surface area contributed by atoms with Gasteiger partial charge in [0.1, 0.15) is 6.17 Å². The van der Waals surface area contributed by atoms with E-state index in [0.717, 1.165) is 38.5 Å². The average molecular weight is 383 g/mol. The number of alkyl halides is 1. The maximum atomic E-state index is 15.4. The summed E-state index contributed by atoms with van der Waals surface area (Å²) in [5.74, 6) is 1.09. The zero-order valence-corrected chi connectivity index (χ0v) is 17.7. The molecule has 8 atom stereocenters. The van der Waals surface area contributed by atoms with E-state index in [2.05, 4.69) is 13.8 Å². The summed E-state index contributed by atoms with van der Waals surface area (Å²) < 4.78 is 27.5. The van der Waals surface area contributed by atoms with Crippen LogP contribution in [0.3, 0.4) is 0 Å². The summed E-state index contributed by atoms with van der Waals surface area (Å²) in [5, 5.41) is 10.1. The van der Waals surface area contributed by atoms with E-state index in [9.17, 15) is 5.11 Å². The molecule has 4 saturated carbocycles. The molecule has 0 aromatic rings. The second kappa shape index (κ2) is 6.95. The molecule has 0 aromatic heterocycles. The Morgan fingerprint density at radius 2 is 1.67 bits per heavy atom. The highest BCUT2D eigenvalue weighted by Crippen LogP contribution is 2.69. The molecule has 27 heavy (non-hydrogen) atoms. The minimum absolute atomic E-state index is 0.0778. The third kappa shape index (κ3) is 2.69. The van der Waals surface area contributed by atoms with Crippen LogP contribution in [0.4, 0.5) is 4.39 Å². The van der Waals surface area contributed by atoms with Gasteiger partial charge in [-0.2, -0.15) is 0 Å². The first-order valence-electron chi connectivity index (χ1n) is 11.5. The van der Waals surface area contributed by atoms with E-state index >= 15 is 4.39 Å². The molecule has 5 aliphatic rings. The quantitative estimate of drug-likeness (QED) is 0.633. The Morgan fingerprint density at radius 1 is 0.963 bits per heavy atom. The minimum atomic E-state index is -0.801. The summed E-state index contributed by atoms with van der Waals surface area (Å²) in [5.41, 5.74) is 0.109. The molecule has 1 spiro atoms. The second-order valence-corrected chi connectivity index (χ2v) is 10.1. The monoisotopic (exact) mass is 382 g/mol. The molecule has 3 nitrogen and oxygen atoms in total. The van der Waals surface area contributed by atoms with Crippen molar-refractivity contribution in [2.24, 2.45) is 34.5 Å². The number of ether oxygens (including phenoxy) is 2. The molecule has 0 amide bonds. The van der Waals surface area contributed by atoms with E-state index in [-0.39, 0.29) is 22.9 Å². The summed E-state index contributed by atoms with van der Waals surface area (Å²) in [6.45, 7) is 9.92. The molecule has 0 aromatic carbocycles.